The number of nitrogens with one attached hydrogen (secondary N) is 2. The smallest absolute Gasteiger partial charge is 0.322 e. The molecule has 26 heavy (non-hydrogen) atoms. The first-order valence-electron chi connectivity index (χ1n) is 7.93. The second kappa shape index (κ2) is 6.41. The van der Waals surface area contributed by atoms with Crippen LogP contribution in [0.2, 0.25) is 0 Å². The quantitative estimate of drug-likeness (QED) is 0.520. The third-order valence-corrected chi connectivity index (χ3v) is 4.00. The molecule has 0 radical (unpaired) electrons. The van der Waals surface area contributed by atoms with Crippen molar-refractivity contribution in [1.29, 1.82) is 0 Å². The minimum absolute atomic E-state index is 0.0774. The lowest BCUT2D eigenvalue weighted by Gasteiger charge is -2.06. The molecule has 3 N–H and O–H groups in total. The maximum atomic E-state index is 11.9. The highest BCUT2D eigenvalue weighted by Crippen LogP contribution is 2.27. The molecule has 0 saturated heterocycles. The topological polar surface area (TPSA) is 113 Å². The van der Waals surface area contributed by atoms with Crippen molar-refractivity contribution in [2.24, 2.45) is 0 Å². The van der Waals surface area contributed by atoms with Gasteiger partial charge in [-0.1, -0.05) is 18.2 Å². The Morgan fingerprint density at radius 2 is 2.15 bits per heavy atom. The van der Waals surface area contributed by atoms with Gasteiger partial charge in [0.25, 0.3) is 5.91 Å². The largest absolute Gasteiger partial charge is 0.424 e. The van der Waals surface area contributed by atoms with Crippen LogP contribution in [0, 0.1) is 0 Å². The summed E-state index contributed by atoms with van der Waals surface area (Å²) in [5.41, 5.74) is 2.25. The fraction of sp³-hybridized carbons (Fsp3) is 0.111. The number of benzene rings is 2. The van der Waals surface area contributed by atoms with Crippen LogP contribution in [0.25, 0.3) is 21.8 Å². The van der Waals surface area contributed by atoms with Crippen LogP contribution in [0.15, 0.2) is 42.6 Å². The molecular formula is C18H15N5O3. The number of aliphatic hydroxyl groups excluding tert-OH is 1. The number of fused-ring (bicyclic) bond motifs is 3. The van der Waals surface area contributed by atoms with Crippen molar-refractivity contribution < 1.29 is 14.6 Å². The van der Waals surface area contributed by atoms with E-state index in [0.29, 0.717) is 27.9 Å². The van der Waals surface area contributed by atoms with Gasteiger partial charge in [0, 0.05) is 24.0 Å². The number of ether oxygens (including phenoxy) is 1. The van der Waals surface area contributed by atoms with Crippen LogP contribution in [0.4, 0.5) is 0 Å². The summed E-state index contributed by atoms with van der Waals surface area (Å²) in [4.78, 5) is 20.6. The zero-order valence-corrected chi connectivity index (χ0v) is 13.9. The van der Waals surface area contributed by atoms with Crippen molar-refractivity contribution in [3.05, 3.63) is 53.9 Å². The number of aliphatic hydroxyl groups is 1. The molecule has 0 unspecified atom stereocenters. The van der Waals surface area contributed by atoms with Crippen LogP contribution in [-0.2, 0) is 6.61 Å². The fourth-order valence-corrected chi connectivity index (χ4v) is 2.71. The van der Waals surface area contributed by atoms with Crippen molar-refractivity contribution in [3.63, 3.8) is 0 Å². The summed E-state index contributed by atoms with van der Waals surface area (Å²) in [7, 11) is 1.56. The summed E-state index contributed by atoms with van der Waals surface area (Å²) in [5, 5.41) is 20.2. The van der Waals surface area contributed by atoms with Crippen molar-refractivity contribution in [2.75, 3.05) is 7.05 Å². The Morgan fingerprint density at radius 3 is 2.96 bits per heavy atom. The fourth-order valence-electron chi connectivity index (χ4n) is 2.71. The minimum atomic E-state index is -0.252. The van der Waals surface area contributed by atoms with Crippen LogP contribution in [0.1, 0.15) is 16.1 Å². The number of carbonyl (C=O) groups excluding carboxylic acids is 1. The average molecular weight is 349 g/mol. The molecule has 2 heterocycles. The second-order valence-electron chi connectivity index (χ2n) is 5.64. The summed E-state index contributed by atoms with van der Waals surface area (Å²) in [6.45, 7) is -0.0774. The lowest BCUT2D eigenvalue weighted by molar-refractivity contribution is 0.0959. The van der Waals surface area contributed by atoms with E-state index in [9.17, 15) is 9.90 Å². The second-order valence-corrected chi connectivity index (χ2v) is 5.64. The summed E-state index contributed by atoms with van der Waals surface area (Å²) >= 11 is 0. The number of aromatic amines is 1. The molecule has 8 heteroatoms. The molecule has 1 amide bonds. The molecular weight excluding hydrogens is 334 g/mol. The first-order chi connectivity index (χ1) is 12.7. The van der Waals surface area contributed by atoms with Crippen molar-refractivity contribution in [1.82, 2.24) is 25.5 Å². The van der Waals surface area contributed by atoms with E-state index in [0.717, 1.165) is 10.9 Å². The lowest BCUT2D eigenvalue weighted by atomic mass is 10.1. The van der Waals surface area contributed by atoms with E-state index in [2.05, 4.69) is 25.5 Å². The van der Waals surface area contributed by atoms with Gasteiger partial charge in [0.05, 0.1) is 6.61 Å². The molecule has 0 aliphatic rings. The Kier molecular flexibility index (Phi) is 3.94. The number of aromatic nitrogens is 4. The van der Waals surface area contributed by atoms with Crippen LogP contribution in [0.3, 0.4) is 0 Å². The first kappa shape index (κ1) is 16.0. The normalized spacial score (nSPS) is 11.0. The van der Waals surface area contributed by atoms with Crippen LogP contribution in [0.5, 0.6) is 11.8 Å². The van der Waals surface area contributed by atoms with E-state index >= 15 is 0 Å². The number of carbonyl (C=O) groups is 1. The number of amides is 1. The Balaban J connectivity index is 1.79. The van der Waals surface area contributed by atoms with Gasteiger partial charge in [0.15, 0.2) is 0 Å². The van der Waals surface area contributed by atoms with Gasteiger partial charge in [-0.05, 0) is 23.8 Å². The SMILES string of the molecule is CNC(=O)c1[nH]nc2c1ccc1cnc(Oc3cccc(CO)c3)nc12. The van der Waals surface area contributed by atoms with E-state index in [4.69, 9.17) is 4.74 Å². The number of hydrogen-bond acceptors (Lipinski definition) is 6. The summed E-state index contributed by atoms with van der Waals surface area (Å²) in [5.74, 6) is 0.273. The van der Waals surface area contributed by atoms with Gasteiger partial charge in [0.1, 0.15) is 22.5 Å². The third kappa shape index (κ3) is 2.72. The molecule has 0 fully saturated rings. The maximum Gasteiger partial charge on any atom is 0.322 e. The molecule has 4 aromatic rings. The Morgan fingerprint density at radius 1 is 1.27 bits per heavy atom. The van der Waals surface area contributed by atoms with Crippen LogP contribution < -0.4 is 10.1 Å². The zero-order chi connectivity index (χ0) is 18.1. The molecule has 2 aromatic heterocycles. The highest BCUT2D eigenvalue weighted by Gasteiger charge is 2.15. The van der Waals surface area contributed by atoms with Gasteiger partial charge in [-0.2, -0.15) is 10.1 Å². The summed E-state index contributed by atoms with van der Waals surface area (Å²) in [6, 6.07) is 10.8. The van der Waals surface area contributed by atoms with E-state index < -0.39 is 0 Å². The molecule has 0 atom stereocenters. The highest BCUT2D eigenvalue weighted by atomic mass is 16.5. The Labute approximate surface area is 147 Å². The summed E-state index contributed by atoms with van der Waals surface area (Å²) < 4.78 is 5.70. The average Bonchev–Trinajstić information content (AvgIpc) is 3.12. The first-order valence-corrected chi connectivity index (χ1v) is 7.93. The zero-order valence-electron chi connectivity index (χ0n) is 13.9. The van der Waals surface area contributed by atoms with Gasteiger partial charge in [-0.25, -0.2) is 4.98 Å². The molecule has 0 aliphatic carbocycles. The molecule has 0 saturated carbocycles. The third-order valence-electron chi connectivity index (χ3n) is 4.00. The van der Waals surface area contributed by atoms with E-state index in [1.165, 1.54) is 0 Å². The Hall–Kier alpha value is -3.52. The molecule has 0 aliphatic heterocycles. The monoisotopic (exact) mass is 349 g/mol. The van der Waals surface area contributed by atoms with E-state index in [1.54, 1.807) is 43.6 Å². The molecule has 130 valence electrons. The molecule has 2 aromatic carbocycles. The molecule has 0 spiro atoms. The minimum Gasteiger partial charge on any atom is -0.424 e. The number of rotatable bonds is 4. The molecule has 4 rings (SSSR count). The van der Waals surface area contributed by atoms with Crippen molar-refractivity contribution >= 4 is 27.7 Å². The van der Waals surface area contributed by atoms with Gasteiger partial charge >= 0.3 is 6.01 Å². The maximum absolute atomic E-state index is 11.9. The molecule has 0 bridgehead atoms. The predicted molar refractivity (Wildman–Crippen MR) is 95.0 cm³/mol. The summed E-state index contributed by atoms with van der Waals surface area (Å²) in [6.07, 6.45) is 1.64. The lowest BCUT2D eigenvalue weighted by Crippen LogP contribution is -2.18. The number of hydrogen-bond donors (Lipinski definition) is 3. The Bertz CT molecular complexity index is 1120. The van der Waals surface area contributed by atoms with Gasteiger partial charge in [0.2, 0.25) is 0 Å². The van der Waals surface area contributed by atoms with E-state index in [1.807, 2.05) is 6.07 Å². The van der Waals surface area contributed by atoms with Crippen molar-refractivity contribution in [3.8, 4) is 11.8 Å². The number of H-pyrrole nitrogens is 1. The van der Waals surface area contributed by atoms with Gasteiger partial charge in [-0.15, -0.1) is 0 Å². The highest BCUT2D eigenvalue weighted by molar-refractivity contribution is 6.11. The van der Waals surface area contributed by atoms with Crippen LogP contribution >= 0.6 is 0 Å². The van der Waals surface area contributed by atoms with Crippen LogP contribution in [-0.4, -0.2) is 38.2 Å². The number of nitrogens with zero attached hydrogens (tertiary/aromatic N) is 3. The van der Waals surface area contributed by atoms with Gasteiger partial charge in [-0.3, -0.25) is 9.89 Å². The van der Waals surface area contributed by atoms with Gasteiger partial charge < -0.3 is 15.2 Å². The standard InChI is InChI=1S/C18H15N5O3/c1-19-17(25)16-13-6-5-11-8-20-18(21-14(11)15(13)22-23-16)26-12-4-2-3-10(7-12)9-24/h2-8,24H,9H2,1H3,(H,19,25)(H,22,23). The molecule has 8 nitrogen and oxygen atoms in total. The van der Waals surface area contributed by atoms with Crippen molar-refractivity contribution in [2.45, 2.75) is 6.61 Å². The van der Waals surface area contributed by atoms with E-state index in [-0.39, 0.29) is 18.5 Å². The predicted octanol–water partition coefficient (Wildman–Crippen LogP) is 2.15.